The Kier molecular flexibility index (Phi) is 4.85. The SMILES string of the molecule is CNC(=O)c1ccc(N(CC(=O)OC)C(C)=O)s1. The van der Waals surface area contributed by atoms with Crippen molar-refractivity contribution in [3.8, 4) is 0 Å². The standard InChI is InChI=1S/C11H14N2O4S/c1-7(14)13(6-10(15)17-3)9-5-4-8(18-9)11(16)12-2/h4-5H,6H2,1-3H3,(H,12,16). The summed E-state index contributed by atoms with van der Waals surface area (Å²) in [6, 6.07) is 3.23. The Balaban J connectivity index is 2.93. The molecule has 0 saturated carbocycles. The summed E-state index contributed by atoms with van der Waals surface area (Å²) < 4.78 is 4.52. The van der Waals surface area contributed by atoms with Crippen LogP contribution in [0.1, 0.15) is 16.6 Å². The Labute approximate surface area is 109 Å². The van der Waals surface area contributed by atoms with Gasteiger partial charge in [-0.2, -0.15) is 0 Å². The van der Waals surface area contributed by atoms with Crippen molar-refractivity contribution >= 4 is 34.1 Å². The number of anilines is 1. The van der Waals surface area contributed by atoms with Gasteiger partial charge in [0.05, 0.1) is 17.0 Å². The van der Waals surface area contributed by atoms with E-state index in [4.69, 9.17) is 0 Å². The number of carbonyl (C=O) groups excluding carboxylic acids is 3. The van der Waals surface area contributed by atoms with Crippen LogP contribution < -0.4 is 10.2 Å². The van der Waals surface area contributed by atoms with Crippen LogP contribution in [0.4, 0.5) is 5.00 Å². The van der Waals surface area contributed by atoms with E-state index in [1.807, 2.05) is 0 Å². The first-order chi connectivity index (χ1) is 8.49. The molecule has 2 amide bonds. The number of methoxy groups -OCH3 is 1. The molecule has 0 aliphatic carbocycles. The first-order valence-corrected chi connectivity index (χ1v) is 5.98. The number of nitrogens with zero attached hydrogens (tertiary/aromatic N) is 1. The lowest BCUT2D eigenvalue weighted by molar-refractivity contribution is -0.139. The Hall–Kier alpha value is -1.89. The maximum Gasteiger partial charge on any atom is 0.325 e. The zero-order valence-corrected chi connectivity index (χ0v) is 11.2. The fourth-order valence-electron chi connectivity index (χ4n) is 1.26. The molecule has 1 N–H and O–H groups in total. The summed E-state index contributed by atoms with van der Waals surface area (Å²) >= 11 is 1.14. The van der Waals surface area contributed by atoms with E-state index >= 15 is 0 Å². The predicted octanol–water partition coefficient (Wildman–Crippen LogP) is 0.634. The van der Waals surface area contributed by atoms with Crippen molar-refractivity contribution in [2.45, 2.75) is 6.92 Å². The molecule has 1 rings (SSSR count). The van der Waals surface area contributed by atoms with E-state index in [9.17, 15) is 14.4 Å². The van der Waals surface area contributed by atoms with Gasteiger partial charge in [-0.15, -0.1) is 11.3 Å². The molecule has 0 unspecified atom stereocenters. The van der Waals surface area contributed by atoms with Crippen LogP contribution in [0.5, 0.6) is 0 Å². The van der Waals surface area contributed by atoms with E-state index in [-0.39, 0.29) is 18.4 Å². The summed E-state index contributed by atoms with van der Waals surface area (Å²) in [5.41, 5.74) is 0. The van der Waals surface area contributed by atoms with Crippen molar-refractivity contribution in [1.82, 2.24) is 5.32 Å². The van der Waals surface area contributed by atoms with Gasteiger partial charge in [0, 0.05) is 14.0 Å². The molecule has 1 aromatic rings. The average molecular weight is 270 g/mol. The van der Waals surface area contributed by atoms with Crippen molar-refractivity contribution < 1.29 is 19.1 Å². The Morgan fingerprint density at radius 3 is 2.56 bits per heavy atom. The van der Waals surface area contributed by atoms with Crippen LogP contribution in [0, 0.1) is 0 Å². The van der Waals surface area contributed by atoms with E-state index < -0.39 is 5.97 Å². The highest BCUT2D eigenvalue weighted by atomic mass is 32.1. The zero-order chi connectivity index (χ0) is 13.7. The number of rotatable bonds is 4. The highest BCUT2D eigenvalue weighted by molar-refractivity contribution is 7.18. The predicted molar refractivity (Wildman–Crippen MR) is 67.8 cm³/mol. The van der Waals surface area contributed by atoms with E-state index in [2.05, 4.69) is 10.1 Å². The zero-order valence-electron chi connectivity index (χ0n) is 10.4. The van der Waals surface area contributed by atoms with Gasteiger partial charge < -0.3 is 10.1 Å². The summed E-state index contributed by atoms with van der Waals surface area (Å²) in [7, 11) is 2.78. The summed E-state index contributed by atoms with van der Waals surface area (Å²) in [4.78, 5) is 35.8. The molecule has 98 valence electrons. The highest BCUT2D eigenvalue weighted by Gasteiger charge is 2.19. The fourth-order valence-corrected chi connectivity index (χ4v) is 2.25. The number of thiophene rings is 1. The Morgan fingerprint density at radius 1 is 1.39 bits per heavy atom. The molecular formula is C11H14N2O4S. The molecule has 0 aliphatic rings. The average Bonchev–Trinajstić information content (AvgIpc) is 2.83. The Bertz CT molecular complexity index is 469. The summed E-state index contributed by atoms with van der Waals surface area (Å²) in [5.74, 6) is -1.03. The minimum Gasteiger partial charge on any atom is -0.468 e. The maximum absolute atomic E-state index is 11.5. The molecule has 18 heavy (non-hydrogen) atoms. The molecule has 1 aromatic heterocycles. The van der Waals surface area contributed by atoms with Gasteiger partial charge in [-0.25, -0.2) is 0 Å². The molecule has 0 aromatic carbocycles. The van der Waals surface area contributed by atoms with Gasteiger partial charge in [0.2, 0.25) is 5.91 Å². The second kappa shape index (κ2) is 6.15. The number of hydrogen-bond donors (Lipinski definition) is 1. The topological polar surface area (TPSA) is 75.7 Å². The van der Waals surface area contributed by atoms with Crippen LogP contribution in [0.3, 0.4) is 0 Å². The van der Waals surface area contributed by atoms with Crippen molar-refractivity contribution in [2.75, 3.05) is 25.6 Å². The smallest absolute Gasteiger partial charge is 0.325 e. The maximum atomic E-state index is 11.5. The van der Waals surface area contributed by atoms with Gasteiger partial charge in [-0.1, -0.05) is 0 Å². The largest absolute Gasteiger partial charge is 0.468 e. The van der Waals surface area contributed by atoms with Crippen molar-refractivity contribution in [1.29, 1.82) is 0 Å². The lowest BCUT2D eigenvalue weighted by Gasteiger charge is -2.17. The summed E-state index contributed by atoms with van der Waals surface area (Å²) in [6.45, 7) is 1.18. The van der Waals surface area contributed by atoms with Gasteiger partial charge >= 0.3 is 5.97 Å². The number of nitrogens with one attached hydrogen (secondary N) is 1. The molecule has 0 saturated heterocycles. The number of ether oxygens (including phenoxy) is 1. The van der Waals surface area contributed by atoms with Crippen molar-refractivity contribution in [3.05, 3.63) is 17.0 Å². The number of esters is 1. The number of hydrogen-bond acceptors (Lipinski definition) is 5. The first-order valence-electron chi connectivity index (χ1n) is 5.16. The second-order valence-corrected chi connectivity index (χ2v) is 4.46. The number of carbonyl (C=O) groups is 3. The van der Waals surface area contributed by atoms with Gasteiger partial charge in [-0.3, -0.25) is 19.3 Å². The van der Waals surface area contributed by atoms with Crippen LogP contribution in [0.2, 0.25) is 0 Å². The van der Waals surface area contributed by atoms with Gasteiger partial charge in [-0.05, 0) is 12.1 Å². The second-order valence-electron chi connectivity index (χ2n) is 3.40. The van der Waals surface area contributed by atoms with E-state index in [0.29, 0.717) is 9.88 Å². The molecule has 6 nitrogen and oxygen atoms in total. The third-order valence-electron chi connectivity index (χ3n) is 2.20. The van der Waals surface area contributed by atoms with Gasteiger partial charge in [0.25, 0.3) is 5.91 Å². The Morgan fingerprint density at radius 2 is 2.06 bits per heavy atom. The monoisotopic (exact) mass is 270 g/mol. The quantitative estimate of drug-likeness (QED) is 0.814. The summed E-state index contributed by atoms with van der Waals surface area (Å²) in [5, 5.41) is 3.02. The summed E-state index contributed by atoms with van der Waals surface area (Å²) in [6.07, 6.45) is 0. The fraction of sp³-hybridized carbons (Fsp3) is 0.364. The van der Waals surface area contributed by atoms with Crippen LogP contribution >= 0.6 is 11.3 Å². The third-order valence-corrected chi connectivity index (χ3v) is 3.31. The molecule has 0 spiro atoms. The van der Waals surface area contributed by atoms with Crippen LogP contribution in [0.15, 0.2) is 12.1 Å². The van der Waals surface area contributed by atoms with Crippen LogP contribution in [-0.4, -0.2) is 38.5 Å². The molecule has 0 atom stereocenters. The highest BCUT2D eigenvalue weighted by Crippen LogP contribution is 2.26. The van der Waals surface area contributed by atoms with Crippen LogP contribution in [-0.2, 0) is 14.3 Å². The molecule has 0 fully saturated rings. The van der Waals surface area contributed by atoms with E-state index in [0.717, 1.165) is 11.3 Å². The molecule has 0 bridgehead atoms. The minimum absolute atomic E-state index is 0.167. The van der Waals surface area contributed by atoms with E-state index in [1.54, 1.807) is 12.1 Å². The van der Waals surface area contributed by atoms with Gasteiger partial charge in [0.1, 0.15) is 6.54 Å². The minimum atomic E-state index is -0.514. The first kappa shape index (κ1) is 14.2. The van der Waals surface area contributed by atoms with Crippen LogP contribution in [0.25, 0.3) is 0 Å². The van der Waals surface area contributed by atoms with E-state index in [1.165, 1.54) is 26.0 Å². The van der Waals surface area contributed by atoms with Gasteiger partial charge in [0.15, 0.2) is 0 Å². The lowest BCUT2D eigenvalue weighted by Crippen LogP contribution is -2.33. The molecular weight excluding hydrogens is 256 g/mol. The number of amides is 2. The lowest BCUT2D eigenvalue weighted by atomic mass is 10.4. The molecule has 7 heteroatoms. The molecule has 0 aliphatic heterocycles. The third kappa shape index (κ3) is 3.30. The van der Waals surface area contributed by atoms with Crippen molar-refractivity contribution in [2.24, 2.45) is 0 Å². The molecule has 0 radical (unpaired) electrons. The normalized spacial score (nSPS) is 9.72. The van der Waals surface area contributed by atoms with Crippen molar-refractivity contribution in [3.63, 3.8) is 0 Å². The molecule has 1 heterocycles.